The van der Waals surface area contributed by atoms with E-state index < -0.39 is 10.0 Å². The van der Waals surface area contributed by atoms with Gasteiger partial charge in [0.1, 0.15) is 0 Å². The number of nitrogens with one attached hydrogen (secondary N) is 1. The van der Waals surface area contributed by atoms with Gasteiger partial charge < -0.3 is 10.1 Å². The molecule has 1 amide bonds. The highest BCUT2D eigenvalue weighted by molar-refractivity contribution is 9.10. The van der Waals surface area contributed by atoms with Gasteiger partial charge in [0, 0.05) is 34.7 Å². The van der Waals surface area contributed by atoms with Crippen molar-refractivity contribution in [1.29, 1.82) is 0 Å². The molecule has 9 heteroatoms. The number of hydrogen-bond acceptors (Lipinski definition) is 4. The Morgan fingerprint density at radius 3 is 2.64 bits per heavy atom. The zero-order valence-corrected chi connectivity index (χ0v) is 18.2. The minimum atomic E-state index is -3.71. The van der Waals surface area contributed by atoms with Crippen LogP contribution in [-0.4, -0.2) is 51.5 Å². The number of benzene rings is 2. The molecule has 0 atom stereocenters. The van der Waals surface area contributed by atoms with Gasteiger partial charge in [-0.05, 0) is 58.2 Å². The summed E-state index contributed by atoms with van der Waals surface area (Å²) < 4.78 is 32.8. The van der Waals surface area contributed by atoms with Crippen molar-refractivity contribution in [3.05, 3.63) is 63.1 Å². The molecular formula is C19H20BrClN2O4S. The van der Waals surface area contributed by atoms with Crippen LogP contribution in [0.5, 0.6) is 0 Å². The van der Waals surface area contributed by atoms with Crippen molar-refractivity contribution in [3.8, 4) is 0 Å². The SMILES string of the molecule is O=C(NCCc1cccc(Cl)c1)c1ccc(Br)c(S(=O)(=O)N2CCOCC2)c1. The number of rotatable bonds is 6. The van der Waals surface area contributed by atoms with Crippen LogP contribution in [0.25, 0.3) is 0 Å². The summed E-state index contributed by atoms with van der Waals surface area (Å²) in [5.74, 6) is -0.326. The van der Waals surface area contributed by atoms with E-state index in [4.69, 9.17) is 16.3 Å². The molecule has 1 saturated heterocycles. The summed E-state index contributed by atoms with van der Waals surface area (Å²) in [6, 6.07) is 12.0. The minimum Gasteiger partial charge on any atom is -0.379 e. The molecule has 0 aromatic heterocycles. The lowest BCUT2D eigenvalue weighted by atomic mass is 10.1. The summed E-state index contributed by atoms with van der Waals surface area (Å²) >= 11 is 9.25. The Bertz CT molecular complexity index is 962. The summed E-state index contributed by atoms with van der Waals surface area (Å²) in [7, 11) is -3.71. The van der Waals surface area contributed by atoms with E-state index in [2.05, 4.69) is 21.2 Å². The highest BCUT2D eigenvalue weighted by Crippen LogP contribution is 2.27. The standard InChI is InChI=1S/C19H20BrClN2O4S/c20-17-5-4-15(13-18(17)28(25,26)23-8-10-27-11-9-23)19(24)22-7-6-14-2-1-3-16(21)12-14/h1-5,12-13H,6-11H2,(H,22,24). The van der Waals surface area contributed by atoms with Crippen molar-refractivity contribution in [1.82, 2.24) is 9.62 Å². The van der Waals surface area contributed by atoms with Crippen molar-refractivity contribution in [2.45, 2.75) is 11.3 Å². The zero-order chi connectivity index (χ0) is 20.1. The first-order valence-corrected chi connectivity index (χ1v) is 11.4. The Labute approximate surface area is 178 Å². The molecule has 0 radical (unpaired) electrons. The third-order valence-corrected chi connectivity index (χ3v) is 7.50. The van der Waals surface area contributed by atoms with Crippen LogP contribution in [0.3, 0.4) is 0 Å². The third kappa shape index (κ3) is 5.12. The van der Waals surface area contributed by atoms with E-state index in [9.17, 15) is 13.2 Å². The molecule has 150 valence electrons. The third-order valence-electron chi connectivity index (χ3n) is 4.37. The second-order valence-corrected chi connectivity index (χ2v) is 9.49. The molecule has 1 fully saturated rings. The van der Waals surface area contributed by atoms with E-state index >= 15 is 0 Å². The quantitative estimate of drug-likeness (QED) is 0.679. The predicted octanol–water partition coefficient (Wildman–Crippen LogP) is 3.10. The van der Waals surface area contributed by atoms with Gasteiger partial charge in [-0.15, -0.1) is 0 Å². The molecule has 0 bridgehead atoms. The summed E-state index contributed by atoms with van der Waals surface area (Å²) in [6.45, 7) is 1.73. The van der Waals surface area contributed by atoms with Gasteiger partial charge in [-0.3, -0.25) is 4.79 Å². The smallest absolute Gasteiger partial charge is 0.251 e. The fourth-order valence-corrected chi connectivity index (χ4v) is 5.45. The predicted molar refractivity (Wildman–Crippen MR) is 111 cm³/mol. The van der Waals surface area contributed by atoms with Crippen molar-refractivity contribution in [3.63, 3.8) is 0 Å². The Morgan fingerprint density at radius 2 is 1.93 bits per heavy atom. The van der Waals surface area contributed by atoms with Gasteiger partial charge in [0.25, 0.3) is 5.91 Å². The molecular weight excluding hydrogens is 468 g/mol. The highest BCUT2D eigenvalue weighted by atomic mass is 79.9. The number of hydrogen-bond donors (Lipinski definition) is 1. The van der Waals surface area contributed by atoms with E-state index in [0.29, 0.717) is 54.3 Å². The molecule has 28 heavy (non-hydrogen) atoms. The van der Waals surface area contributed by atoms with Crippen LogP contribution >= 0.6 is 27.5 Å². The van der Waals surface area contributed by atoms with Crippen molar-refractivity contribution in [2.75, 3.05) is 32.8 Å². The van der Waals surface area contributed by atoms with Crippen molar-refractivity contribution in [2.24, 2.45) is 0 Å². The summed E-state index contributed by atoms with van der Waals surface area (Å²) in [6.07, 6.45) is 0.627. The van der Waals surface area contributed by atoms with Gasteiger partial charge in [-0.1, -0.05) is 23.7 Å². The average Bonchev–Trinajstić information content (AvgIpc) is 2.69. The number of carbonyl (C=O) groups excluding carboxylic acids is 1. The Balaban J connectivity index is 1.70. The Kier molecular flexibility index (Phi) is 7.11. The largest absolute Gasteiger partial charge is 0.379 e. The Morgan fingerprint density at radius 1 is 1.18 bits per heavy atom. The number of sulfonamides is 1. The van der Waals surface area contributed by atoms with Gasteiger partial charge in [0.15, 0.2) is 0 Å². The fourth-order valence-electron chi connectivity index (χ4n) is 2.88. The molecule has 1 heterocycles. The molecule has 2 aromatic carbocycles. The van der Waals surface area contributed by atoms with E-state index in [1.807, 2.05) is 18.2 Å². The minimum absolute atomic E-state index is 0.0805. The van der Waals surface area contributed by atoms with Crippen molar-refractivity contribution < 1.29 is 17.9 Å². The topological polar surface area (TPSA) is 75.7 Å². The second kappa shape index (κ2) is 9.37. The number of carbonyl (C=O) groups is 1. The molecule has 1 aliphatic heterocycles. The van der Waals surface area contributed by atoms with Crippen LogP contribution in [-0.2, 0) is 21.2 Å². The molecule has 2 aromatic rings. The van der Waals surface area contributed by atoms with E-state index in [1.165, 1.54) is 10.4 Å². The van der Waals surface area contributed by atoms with E-state index in [1.54, 1.807) is 18.2 Å². The molecule has 6 nitrogen and oxygen atoms in total. The first kappa shape index (κ1) is 21.3. The van der Waals surface area contributed by atoms with Gasteiger partial charge in [0.05, 0.1) is 18.1 Å². The van der Waals surface area contributed by atoms with Crippen LogP contribution in [0, 0.1) is 0 Å². The number of nitrogens with zero attached hydrogens (tertiary/aromatic N) is 1. The van der Waals surface area contributed by atoms with E-state index in [0.717, 1.165) is 5.56 Å². The molecule has 1 N–H and O–H groups in total. The summed E-state index contributed by atoms with van der Waals surface area (Å²) in [5.41, 5.74) is 1.31. The Hall–Kier alpha value is -1.45. The first-order valence-electron chi connectivity index (χ1n) is 8.78. The summed E-state index contributed by atoms with van der Waals surface area (Å²) in [5, 5.41) is 3.47. The lowest BCUT2D eigenvalue weighted by Crippen LogP contribution is -2.40. The van der Waals surface area contributed by atoms with Gasteiger partial charge in [0.2, 0.25) is 10.0 Å². The summed E-state index contributed by atoms with van der Waals surface area (Å²) in [4.78, 5) is 12.6. The lowest BCUT2D eigenvalue weighted by Gasteiger charge is -2.26. The molecule has 0 spiro atoms. The van der Waals surface area contributed by atoms with Gasteiger partial charge >= 0.3 is 0 Å². The number of ether oxygens (including phenoxy) is 1. The molecule has 1 aliphatic rings. The monoisotopic (exact) mass is 486 g/mol. The fraction of sp³-hybridized carbons (Fsp3) is 0.316. The van der Waals surface area contributed by atoms with Crippen LogP contribution in [0.15, 0.2) is 51.8 Å². The lowest BCUT2D eigenvalue weighted by molar-refractivity contribution is 0.0730. The van der Waals surface area contributed by atoms with Crippen LogP contribution < -0.4 is 5.32 Å². The van der Waals surface area contributed by atoms with E-state index in [-0.39, 0.29) is 10.8 Å². The van der Waals surface area contributed by atoms with Crippen LogP contribution in [0.4, 0.5) is 0 Å². The maximum absolute atomic E-state index is 12.9. The van der Waals surface area contributed by atoms with Gasteiger partial charge in [-0.2, -0.15) is 4.31 Å². The number of halogens is 2. The first-order chi connectivity index (χ1) is 13.4. The van der Waals surface area contributed by atoms with Crippen LogP contribution in [0.1, 0.15) is 15.9 Å². The average molecular weight is 488 g/mol. The second-order valence-electron chi connectivity index (χ2n) is 6.30. The molecule has 3 rings (SSSR count). The molecule has 0 aliphatic carbocycles. The molecule has 0 saturated carbocycles. The normalized spacial score (nSPS) is 15.4. The maximum atomic E-state index is 12.9. The molecule has 0 unspecified atom stereocenters. The highest BCUT2D eigenvalue weighted by Gasteiger charge is 2.28. The van der Waals surface area contributed by atoms with Crippen LogP contribution in [0.2, 0.25) is 5.02 Å². The number of amides is 1. The van der Waals surface area contributed by atoms with Crippen molar-refractivity contribution >= 4 is 43.5 Å². The zero-order valence-electron chi connectivity index (χ0n) is 15.0. The van der Waals surface area contributed by atoms with Gasteiger partial charge in [-0.25, -0.2) is 8.42 Å². The number of morpholine rings is 1. The maximum Gasteiger partial charge on any atom is 0.251 e.